The van der Waals surface area contributed by atoms with Gasteiger partial charge in [-0.15, -0.1) is 0 Å². The van der Waals surface area contributed by atoms with Gasteiger partial charge in [0.15, 0.2) is 6.10 Å². The average Bonchev–Trinajstić information content (AvgIpc) is 2.51. The van der Waals surface area contributed by atoms with E-state index in [1.54, 1.807) is 33.8 Å². The lowest BCUT2D eigenvalue weighted by molar-refractivity contribution is -0.157. The van der Waals surface area contributed by atoms with Crippen LogP contribution in [0.3, 0.4) is 0 Å². The van der Waals surface area contributed by atoms with Gasteiger partial charge < -0.3 is 10.1 Å². The molecule has 0 aromatic heterocycles. The summed E-state index contributed by atoms with van der Waals surface area (Å²) in [6, 6.07) is 4.45. The van der Waals surface area contributed by atoms with Crippen LogP contribution in [0.4, 0.5) is 0 Å². The average molecular weight is 405 g/mol. The first kappa shape index (κ1) is 22.4. The topological polar surface area (TPSA) is 102 Å². The molecule has 2 atom stereocenters. The third kappa shape index (κ3) is 6.59. The number of ether oxygens (including phenoxy) is 1. The molecule has 0 heterocycles. The van der Waals surface area contributed by atoms with Crippen molar-refractivity contribution in [2.24, 2.45) is 5.92 Å². The number of nitrogens with one attached hydrogen (secondary N) is 2. The highest BCUT2D eigenvalue weighted by Gasteiger charge is 2.32. The van der Waals surface area contributed by atoms with Crippen molar-refractivity contribution in [3.05, 3.63) is 29.3 Å². The van der Waals surface area contributed by atoms with E-state index in [0.29, 0.717) is 0 Å². The zero-order chi connectivity index (χ0) is 20.1. The molecule has 1 rings (SSSR count). The van der Waals surface area contributed by atoms with Crippen LogP contribution in [-0.4, -0.2) is 38.5 Å². The van der Waals surface area contributed by atoms with Gasteiger partial charge in [0.2, 0.25) is 10.0 Å². The number of amides is 1. The first-order valence-electron chi connectivity index (χ1n) is 8.22. The number of esters is 1. The summed E-state index contributed by atoms with van der Waals surface area (Å²) in [7, 11) is -3.98. The second kappa shape index (κ2) is 9.34. The molecule has 0 aliphatic carbocycles. The Balaban J connectivity index is 2.91. The van der Waals surface area contributed by atoms with Crippen LogP contribution in [0.25, 0.3) is 0 Å². The maximum absolute atomic E-state index is 12.5. The molecule has 0 aliphatic rings. The van der Waals surface area contributed by atoms with E-state index in [-0.39, 0.29) is 16.0 Å². The minimum Gasteiger partial charge on any atom is -0.451 e. The highest BCUT2D eigenvalue weighted by atomic mass is 35.5. The lowest BCUT2D eigenvalue weighted by Crippen LogP contribution is -2.48. The Hall–Kier alpha value is -1.64. The molecule has 0 saturated heterocycles. The van der Waals surface area contributed by atoms with Crippen molar-refractivity contribution in [3.63, 3.8) is 0 Å². The largest absolute Gasteiger partial charge is 0.451 e. The summed E-state index contributed by atoms with van der Waals surface area (Å²) in [5, 5.41) is 2.89. The number of hydrogen-bond donors (Lipinski definition) is 2. The summed E-state index contributed by atoms with van der Waals surface area (Å²) < 4.78 is 32.5. The van der Waals surface area contributed by atoms with Crippen LogP contribution >= 0.6 is 11.6 Å². The van der Waals surface area contributed by atoms with Crippen LogP contribution in [0, 0.1) is 5.92 Å². The van der Waals surface area contributed by atoms with E-state index < -0.39 is 40.0 Å². The van der Waals surface area contributed by atoms with E-state index in [0.717, 1.165) is 0 Å². The molecule has 0 aliphatic heterocycles. The van der Waals surface area contributed by atoms with E-state index in [4.69, 9.17) is 16.3 Å². The molecular formula is C17H25ClN2O5S. The van der Waals surface area contributed by atoms with Gasteiger partial charge in [0.1, 0.15) is 6.04 Å². The molecule has 0 fully saturated rings. The predicted octanol–water partition coefficient (Wildman–Crippen LogP) is 2.10. The van der Waals surface area contributed by atoms with E-state index in [2.05, 4.69) is 10.0 Å². The third-order valence-corrected chi connectivity index (χ3v) is 5.08. The van der Waals surface area contributed by atoms with E-state index in [9.17, 15) is 18.0 Å². The van der Waals surface area contributed by atoms with Crippen molar-refractivity contribution in [2.45, 2.75) is 57.7 Å². The van der Waals surface area contributed by atoms with Crippen LogP contribution < -0.4 is 10.0 Å². The van der Waals surface area contributed by atoms with Gasteiger partial charge in [-0.1, -0.05) is 31.5 Å². The van der Waals surface area contributed by atoms with Crippen LogP contribution in [0.1, 0.15) is 34.6 Å². The predicted molar refractivity (Wildman–Crippen MR) is 99.2 cm³/mol. The monoisotopic (exact) mass is 404 g/mol. The van der Waals surface area contributed by atoms with Gasteiger partial charge in [0.05, 0.1) is 4.90 Å². The van der Waals surface area contributed by atoms with Gasteiger partial charge in [0, 0.05) is 11.1 Å². The van der Waals surface area contributed by atoms with Crippen molar-refractivity contribution < 1.29 is 22.7 Å². The molecule has 26 heavy (non-hydrogen) atoms. The molecule has 146 valence electrons. The molecule has 1 aromatic rings. The zero-order valence-electron chi connectivity index (χ0n) is 15.4. The van der Waals surface area contributed by atoms with Gasteiger partial charge in [-0.25, -0.2) is 8.42 Å². The summed E-state index contributed by atoms with van der Waals surface area (Å²) in [4.78, 5) is 24.2. The third-order valence-electron chi connectivity index (χ3n) is 3.40. The van der Waals surface area contributed by atoms with Gasteiger partial charge in [-0.05, 0) is 44.9 Å². The summed E-state index contributed by atoms with van der Waals surface area (Å²) in [6.45, 7) is 8.33. The fourth-order valence-corrected chi connectivity index (χ4v) is 3.66. The van der Waals surface area contributed by atoms with Gasteiger partial charge in [-0.3, -0.25) is 9.59 Å². The summed E-state index contributed by atoms with van der Waals surface area (Å²) >= 11 is 5.83. The van der Waals surface area contributed by atoms with E-state index >= 15 is 0 Å². The molecule has 0 unspecified atom stereocenters. The number of halogens is 1. The number of carbonyl (C=O) groups is 2. The van der Waals surface area contributed by atoms with Crippen LogP contribution in [0.2, 0.25) is 5.02 Å². The molecule has 9 heteroatoms. The maximum Gasteiger partial charge on any atom is 0.325 e. The molecule has 1 aromatic carbocycles. The summed E-state index contributed by atoms with van der Waals surface area (Å²) in [5.41, 5.74) is 0. The van der Waals surface area contributed by atoms with Crippen LogP contribution in [-0.2, 0) is 24.3 Å². The molecule has 0 radical (unpaired) electrons. The summed E-state index contributed by atoms with van der Waals surface area (Å²) in [6.07, 6.45) is -1.04. The van der Waals surface area contributed by atoms with Gasteiger partial charge in [0.25, 0.3) is 5.91 Å². The second-order valence-electron chi connectivity index (χ2n) is 6.54. The smallest absolute Gasteiger partial charge is 0.325 e. The zero-order valence-corrected chi connectivity index (χ0v) is 17.0. The van der Waals surface area contributed by atoms with Crippen molar-refractivity contribution in [3.8, 4) is 0 Å². The molecular weight excluding hydrogens is 380 g/mol. The Bertz CT molecular complexity index is 749. The summed E-state index contributed by atoms with van der Waals surface area (Å²) in [5.74, 6) is -1.66. The van der Waals surface area contributed by atoms with Gasteiger partial charge in [-0.2, -0.15) is 4.72 Å². The molecule has 0 spiro atoms. The first-order valence-corrected chi connectivity index (χ1v) is 10.1. The number of rotatable bonds is 8. The first-order chi connectivity index (χ1) is 11.9. The lowest BCUT2D eigenvalue weighted by Gasteiger charge is -2.23. The van der Waals surface area contributed by atoms with Crippen molar-refractivity contribution in [1.29, 1.82) is 0 Å². The van der Waals surface area contributed by atoms with E-state index in [1.807, 2.05) is 0 Å². The minimum absolute atomic E-state index is 0.0611. The Labute approximate surface area is 159 Å². The Morgan fingerprint density at radius 2 is 1.73 bits per heavy atom. The minimum atomic E-state index is -3.98. The fourth-order valence-electron chi connectivity index (χ4n) is 2.03. The number of carbonyl (C=O) groups excluding carboxylic acids is 2. The number of benzene rings is 1. The molecule has 2 N–H and O–H groups in total. The van der Waals surface area contributed by atoms with Gasteiger partial charge >= 0.3 is 5.97 Å². The number of hydrogen-bond acceptors (Lipinski definition) is 5. The molecule has 0 saturated carbocycles. The van der Waals surface area contributed by atoms with Crippen LogP contribution in [0.5, 0.6) is 0 Å². The highest BCUT2D eigenvalue weighted by Crippen LogP contribution is 2.17. The van der Waals surface area contributed by atoms with Crippen molar-refractivity contribution >= 4 is 33.5 Å². The second-order valence-corrected chi connectivity index (χ2v) is 8.69. The van der Waals surface area contributed by atoms with E-state index in [1.165, 1.54) is 25.1 Å². The Morgan fingerprint density at radius 3 is 2.23 bits per heavy atom. The SMILES string of the molecule is CC(C)NC(=O)[C@@H](C)OC(=O)[C@@H](NS(=O)(=O)c1cccc(Cl)c1)C(C)C. The molecule has 0 bridgehead atoms. The molecule has 1 amide bonds. The van der Waals surface area contributed by atoms with Crippen molar-refractivity contribution in [2.75, 3.05) is 0 Å². The number of sulfonamides is 1. The van der Waals surface area contributed by atoms with Crippen LogP contribution in [0.15, 0.2) is 29.2 Å². The van der Waals surface area contributed by atoms with Crippen molar-refractivity contribution in [1.82, 2.24) is 10.0 Å². The standard InChI is InChI=1S/C17H25ClN2O5S/c1-10(2)15(17(22)25-12(5)16(21)19-11(3)4)20-26(23,24)14-8-6-7-13(18)9-14/h6-12,15,20H,1-5H3,(H,19,21)/t12-,15+/m1/s1. The Kier molecular flexibility index (Phi) is 8.05. The molecule has 7 nitrogen and oxygen atoms in total. The quantitative estimate of drug-likeness (QED) is 0.646. The lowest BCUT2D eigenvalue weighted by atomic mass is 10.1. The Morgan fingerprint density at radius 1 is 1.12 bits per heavy atom. The normalized spacial score (nSPS) is 14.2. The maximum atomic E-state index is 12.5. The highest BCUT2D eigenvalue weighted by molar-refractivity contribution is 7.89. The fraction of sp³-hybridized carbons (Fsp3) is 0.529.